The lowest BCUT2D eigenvalue weighted by Gasteiger charge is -2.09. The fourth-order valence-corrected chi connectivity index (χ4v) is 3.08. The van der Waals surface area contributed by atoms with Crippen LogP contribution in [0.25, 0.3) is 0 Å². The number of fused-ring (bicyclic) bond motifs is 1. The second-order valence-corrected chi connectivity index (χ2v) is 6.25. The summed E-state index contributed by atoms with van der Waals surface area (Å²) in [5.74, 6) is 0.607. The fourth-order valence-electron chi connectivity index (χ4n) is 2.95. The second kappa shape index (κ2) is 7.09. The molecule has 1 heterocycles. The molecule has 0 unspecified atom stereocenters. The number of aryl methyl sites for hydroxylation is 1. The third-order valence-corrected chi connectivity index (χ3v) is 4.39. The first-order valence-electron chi connectivity index (χ1n) is 7.97. The van der Waals surface area contributed by atoms with Crippen LogP contribution in [0.2, 0.25) is 5.02 Å². The highest BCUT2D eigenvalue weighted by atomic mass is 35.5. The summed E-state index contributed by atoms with van der Waals surface area (Å²) in [4.78, 5) is 27.4. The number of aromatic nitrogens is 1. The summed E-state index contributed by atoms with van der Waals surface area (Å²) in [6.45, 7) is 2.54. The van der Waals surface area contributed by atoms with E-state index < -0.39 is 0 Å². The van der Waals surface area contributed by atoms with E-state index in [1.54, 1.807) is 24.3 Å². The molecule has 1 aromatic carbocycles. The van der Waals surface area contributed by atoms with Crippen molar-refractivity contribution in [2.75, 3.05) is 13.2 Å². The Bertz CT molecular complexity index is 765. The van der Waals surface area contributed by atoms with Crippen molar-refractivity contribution in [3.05, 3.63) is 51.8 Å². The van der Waals surface area contributed by atoms with E-state index >= 15 is 0 Å². The lowest BCUT2D eigenvalue weighted by Crippen LogP contribution is -2.28. The molecule has 0 aliphatic heterocycles. The molecule has 2 N–H and O–H groups in total. The number of ketones is 1. The molecular formula is C18H19ClN2O3. The van der Waals surface area contributed by atoms with Gasteiger partial charge in [-0.1, -0.05) is 11.6 Å². The predicted molar refractivity (Wildman–Crippen MR) is 92.1 cm³/mol. The monoisotopic (exact) mass is 346 g/mol. The highest BCUT2D eigenvalue weighted by molar-refractivity contribution is 6.30. The van der Waals surface area contributed by atoms with Crippen molar-refractivity contribution in [2.45, 2.75) is 26.2 Å². The maximum absolute atomic E-state index is 12.3. The second-order valence-electron chi connectivity index (χ2n) is 5.81. The number of benzene rings is 1. The molecular weight excluding hydrogens is 328 g/mol. The maximum Gasteiger partial charge on any atom is 0.268 e. The van der Waals surface area contributed by atoms with Crippen LogP contribution in [0.4, 0.5) is 0 Å². The van der Waals surface area contributed by atoms with Crippen LogP contribution in [0.15, 0.2) is 24.3 Å². The van der Waals surface area contributed by atoms with Gasteiger partial charge in [0.05, 0.1) is 6.54 Å². The summed E-state index contributed by atoms with van der Waals surface area (Å²) in [5, 5.41) is 3.46. The largest absolute Gasteiger partial charge is 0.492 e. The van der Waals surface area contributed by atoms with Crippen molar-refractivity contribution in [3.63, 3.8) is 0 Å². The number of halogens is 1. The molecule has 1 aliphatic carbocycles. The van der Waals surface area contributed by atoms with Gasteiger partial charge in [0.1, 0.15) is 18.1 Å². The Morgan fingerprint density at radius 3 is 2.75 bits per heavy atom. The van der Waals surface area contributed by atoms with E-state index in [4.69, 9.17) is 16.3 Å². The smallest absolute Gasteiger partial charge is 0.268 e. The van der Waals surface area contributed by atoms with Gasteiger partial charge in [-0.05, 0) is 49.6 Å². The number of amides is 1. The molecule has 1 aromatic heterocycles. The Morgan fingerprint density at radius 1 is 1.29 bits per heavy atom. The number of rotatable bonds is 5. The lowest BCUT2D eigenvalue weighted by molar-refractivity contribution is 0.0941. The number of nitrogens with one attached hydrogen (secondary N) is 2. The topological polar surface area (TPSA) is 71.2 Å². The van der Waals surface area contributed by atoms with Gasteiger partial charge in [0, 0.05) is 22.7 Å². The Labute approximate surface area is 145 Å². The van der Waals surface area contributed by atoms with E-state index in [2.05, 4.69) is 10.3 Å². The van der Waals surface area contributed by atoms with Gasteiger partial charge in [-0.15, -0.1) is 0 Å². The Balaban J connectivity index is 1.56. The van der Waals surface area contributed by atoms with Gasteiger partial charge in [0.15, 0.2) is 5.78 Å². The minimum absolute atomic E-state index is 0.120. The highest BCUT2D eigenvalue weighted by Crippen LogP contribution is 2.26. The summed E-state index contributed by atoms with van der Waals surface area (Å²) in [5.41, 5.74) is 2.79. The quantitative estimate of drug-likeness (QED) is 0.816. The zero-order valence-electron chi connectivity index (χ0n) is 13.4. The van der Waals surface area contributed by atoms with Gasteiger partial charge < -0.3 is 15.0 Å². The summed E-state index contributed by atoms with van der Waals surface area (Å²) in [7, 11) is 0. The van der Waals surface area contributed by atoms with Crippen LogP contribution in [0.3, 0.4) is 0 Å². The van der Waals surface area contributed by atoms with Gasteiger partial charge in [0.2, 0.25) is 0 Å². The van der Waals surface area contributed by atoms with Crippen molar-refractivity contribution >= 4 is 23.3 Å². The molecule has 0 saturated heterocycles. The minimum atomic E-state index is -0.214. The van der Waals surface area contributed by atoms with Crippen LogP contribution in [-0.2, 0) is 6.42 Å². The van der Waals surface area contributed by atoms with Crippen molar-refractivity contribution in [1.29, 1.82) is 0 Å². The SMILES string of the molecule is Cc1c(C(=O)NCCOc2ccc(Cl)cc2)[nH]c2c1C(=O)CCC2. The average Bonchev–Trinajstić information content (AvgIpc) is 2.91. The van der Waals surface area contributed by atoms with Gasteiger partial charge >= 0.3 is 0 Å². The number of carbonyl (C=O) groups is 2. The van der Waals surface area contributed by atoms with Gasteiger partial charge in [-0.2, -0.15) is 0 Å². The van der Waals surface area contributed by atoms with Crippen LogP contribution in [-0.4, -0.2) is 29.8 Å². The lowest BCUT2D eigenvalue weighted by atomic mass is 9.94. The van der Waals surface area contributed by atoms with Crippen molar-refractivity contribution < 1.29 is 14.3 Å². The fraction of sp³-hybridized carbons (Fsp3) is 0.333. The molecule has 1 aliphatic rings. The zero-order valence-corrected chi connectivity index (χ0v) is 14.2. The van der Waals surface area contributed by atoms with Gasteiger partial charge in [0.25, 0.3) is 5.91 Å². The third kappa shape index (κ3) is 3.46. The van der Waals surface area contributed by atoms with E-state index in [1.165, 1.54) is 0 Å². The molecule has 0 radical (unpaired) electrons. The first-order valence-corrected chi connectivity index (χ1v) is 8.35. The first-order chi connectivity index (χ1) is 11.6. The summed E-state index contributed by atoms with van der Waals surface area (Å²) >= 11 is 5.81. The Morgan fingerprint density at radius 2 is 2.04 bits per heavy atom. The minimum Gasteiger partial charge on any atom is -0.492 e. The van der Waals surface area contributed by atoms with Gasteiger partial charge in [-0.3, -0.25) is 9.59 Å². The normalized spacial score (nSPS) is 13.5. The Hall–Kier alpha value is -2.27. The first kappa shape index (κ1) is 16.6. The van der Waals surface area contributed by atoms with Crippen molar-refractivity contribution in [1.82, 2.24) is 10.3 Å². The standard InChI is InChI=1S/C18H19ClN2O3/c1-11-16-14(3-2-4-15(16)22)21-17(11)18(23)20-9-10-24-13-7-5-12(19)6-8-13/h5-8,21H,2-4,9-10H2,1H3,(H,20,23). The molecule has 0 spiro atoms. The number of hydrogen-bond donors (Lipinski definition) is 2. The predicted octanol–water partition coefficient (Wildman–Crippen LogP) is 3.30. The molecule has 1 amide bonds. The zero-order chi connectivity index (χ0) is 17.1. The molecule has 24 heavy (non-hydrogen) atoms. The highest BCUT2D eigenvalue weighted by Gasteiger charge is 2.26. The van der Waals surface area contributed by atoms with E-state index in [0.717, 1.165) is 24.1 Å². The number of ether oxygens (including phenoxy) is 1. The van der Waals surface area contributed by atoms with Crippen LogP contribution >= 0.6 is 11.6 Å². The molecule has 6 heteroatoms. The number of hydrogen-bond acceptors (Lipinski definition) is 3. The van der Waals surface area contributed by atoms with Crippen molar-refractivity contribution in [3.8, 4) is 5.75 Å². The van der Waals surface area contributed by atoms with Crippen LogP contribution in [0.1, 0.15) is 44.9 Å². The molecule has 126 valence electrons. The number of carbonyl (C=O) groups excluding carboxylic acids is 2. The molecule has 2 aromatic rings. The molecule has 3 rings (SSSR count). The van der Waals surface area contributed by atoms with E-state index in [0.29, 0.717) is 41.6 Å². The van der Waals surface area contributed by atoms with E-state index in [-0.39, 0.29) is 11.7 Å². The molecule has 0 saturated carbocycles. The maximum atomic E-state index is 12.3. The van der Waals surface area contributed by atoms with Crippen molar-refractivity contribution in [2.24, 2.45) is 0 Å². The molecule has 0 atom stereocenters. The van der Waals surface area contributed by atoms with Crippen LogP contribution in [0, 0.1) is 6.92 Å². The average molecular weight is 347 g/mol. The number of Topliss-reactive ketones (excluding diaryl/α,β-unsaturated/α-hetero) is 1. The summed E-state index contributed by atoms with van der Waals surface area (Å²) in [6.07, 6.45) is 2.21. The third-order valence-electron chi connectivity index (χ3n) is 4.13. The molecule has 5 nitrogen and oxygen atoms in total. The molecule has 0 bridgehead atoms. The van der Waals surface area contributed by atoms with E-state index in [9.17, 15) is 9.59 Å². The molecule has 0 fully saturated rings. The van der Waals surface area contributed by atoms with Gasteiger partial charge in [-0.25, -0.2) is 0 Å². The van der Waals surface area contributed by atoms with Crippen LogP contribution in [0.5, 0.6) is 5.75 Å². The Kier molecular flexibility index (Phi) is 4.90. The number of aromatic amines is 1. The van der Waals surface area contributed by atoms with Crippen LogP contribution < -0.4 is 10.1 Å². The summed E-state index contributed by atoms with van der Waals surface area (Å²) < 4.78 is 5.54. The van der Waals surface area contributed by atoms with E-state index in [1.807, 2.05) is 6.92 Å². The number of H-pyrrole nitrogens is 1. The summed E-state index contributed by atoms with van der Waals surface area (Å²) in [6, 6.07) is 7.05.